The monoisotopic (exact) mass is 333 g/mol. The van der Waals surface area contributed by atoms with E-state index < -0.39 is 4.92 Å². The number of hydrogen-bond donors (Lipinski definition) is 0. The van der Waals surface area contributed by atoms with Crippen molar-refractivity contribution >= 4 is 11.6 Å². The lowest BCUT2D eigenvalue weighted by Gasteiger charge is -2.34. The number of carbonyl (C=O) groups excluding carboxylic acids is 1. The van der Waals surface area contributed by atoms with Gasteiger partial charge in [-0.1, -0.05) is 13.0 Å². The summed E-state index contributed by atoms with van der Waals surface area (Å²) in [7, 11) is 0. The third kappa shape index (κ3) is 4.32. The molecule has 1 aromatic rings. The number of non-ortho nitro benzene ring substituents is 1. The fraction of sp³-hybridized carbons (Fsp3) is 0.471. The molecule has 0 N–H and O–H groups in total. The lowest BCUT2D eigenvalue weighted by molar-refractivity contribution is -0.384. The van der Waals surface area contributed by atoms with Crippen molar-refractivity contribution in [2.45, 2.75) is 13.3 Å². The number of nitro groups is 1. The summed E-state index contributed by atoms with van der Waals surface area (Å²) in [5.41, 5.74) is 0.283. The first kappa shape index (κ1) is 17.9. The Kier molecular flexibility index (Phi) is 6.31. The van der Waals surface area contributed by atoms with Gasteiger partial charge in [0.2, 0.25) is 0 Å². The number of nitrogens with zero attached hydrogens (tertiary/aromatic N) is 3. The largest absolute Gasteiger partial charge is 0.492 e. The molecule has 0 unspecified atom stereocenters. The molecule has 1 heterocycles. The molecule has 0 saturated carbocycles. The van der Waals surface area contributed by atoms with Crippen LogP contribution in [0.2, 0.25) is 0 Å². The van der Waals surface area contributed by atoms with E-state index in [4.69, 9.17) is 4.74 Å². The van der Waals surface area contributed by atoms with E-state index in [1.54, 1.807) is 11.0 Å². The van der Waals surface area contributed by atoms with Crippen LogP contribution in [0.25, 0.3) is 0 Å². The Bertz CT molecular complexity index is 610. The molecule has 0 spiro atoms. The van der Waals surface area contributed by atoms with Gasteiger partial charge in [-0.25, -0.2) is 0 Å². The summed E-state index contributed by atoms with van der Waals surface area (Å²) in [6, 6.07) is 4.14. The van der Waals surface area contributed by atoms with Crippen molar-refractivity contribution in [2.75, 3.05) is 39.3 Å². The van der Waals surface area contributed by atoms with Crippen molar-refractivity contribution in [1.82, 2.24) is 9.80 Å². The molecule has 1 saturated heterocycles. The topological polar surface area (TPSA) is 75.9 Å². The molecule has 0 aromatic heterocycles. The van der Waals surface area contributed by atoms with Crippen molar-refractivity contribution in [1.29, 1.82) is 0 Å². The highest BCUT2D eigenvalue weighted by Crippen LogP contribution is 2.26. The standard InChI is InChI=1S/C17H23N3O4/c1-3-5-12-24-16-13-14(20(22)23)6-7-15(16)17(21)19-10-8-18(4-2)9-11-19/h3,6-7,13H,1,4-5,8-12H2,2H3. The molecule has 1 fully saturated rings. The van der Waals surface area contributed by atoms with Gasteiger partial charge < -0.3 is 14.5 Å². The molecule has 0 radical (unpaired) electrons. The molecule has 0 bridgehead atoms. The first-order valence-corrected chi connectivity index (χ1v) is 8.10. The smallest absolute Gasteiger partial charge is 0.273 e. The van der Waals surface area contributed by atoms with E-state index in [0.717, 1.165) is 19.6 Å². The summed E-state index contributed by atoms with van der Waals surface area (Å²) in [4.78, 5) is 27.3. The lowest BCUT2D eigenvalue weighted by atomic mass is 10.1. The number of benzene rings is 1. The molecule has 1 amide bonds. The summed E-state index contributed by atoms with van der Waals surface area (Å²) in [5.74, 6) is 0.114. The van der Waals surface area contributed by atoms with Crippen LogP contribution in [-0.4, -0.2) is 60.0 Å². The van der Waals surface area contributed by atoms with Crippen molar-refractivity contribution in [3.8, 4) is 5.75 Å². The van der Waals surface area contributed by atoms with Crippen LogP contribution in [0.5, 0.6) is 5.75 Å². The molecule has 1 aliphatic heterocycles. The highest BCUT2D eigenvalue weighted by atomic mass is 16.6. The van der Waals surface area contributed by atoms with Gasteiger partial charge in [0.15, 0.2) is 0 Å². The van der Waals surface area contributed by atoms with E-state index in [9.17, 15) is 14.9 Å². The summed E-state index contributed by atoms with van der Waals surface area (Å²) in [6.45, 7) is 9.98. The average molecular weight is 333 g/mol. The maximum atomic E-state index is 12.8. The molecule has 7 heteroatoms. The van der Waals surface area contributed by atoms with Gasteiger partial charge in [-0.15, -0.1) is 6.58 Å². The maximum absolute atomic E-state index is 12.8. The Morgan fingerprint density at radius 3 is 2.67 bits per heavy atom. The molecule has 7 nitrogen and oxygen atoms in total. The third-order valence-corrected chi connectivity index (χ3v) is 4.09. The van der Waals surface area contributed by atoms with Gasteiger partial charge >= 0.3 is 0 Å². The van der Waals surface area contributed by atoms with E-state index >= 15 is 0 Å². The van der Waals surface area contributed by atoms with Gasteiger partial charge in [0.1, 0.15) is 5.75 Å². The average Bonchev–Trinajstić information content (AvgIpc) is 2.61. The summed E-state index contributed by atoms with van der Waals surface area (Å²) < 4.78 is 5.59. The first-order chi connectivity index (χ1) is 11.6. The fourth-order valence-corrected chi connectivity index (χ4v) is 2.61. The van der Waals surface area contributed by atoms with Crippen LogP contribution in [-0.2, 0) is 0 Å². The normalized spacial score (nSPS) is 15.1. The number of likely N-dealkylation sites (N-methyl/N-ethyl adjacent to an activating group) is 1. The zero-order valence-corrected chi connectivity index (χ0v) is 13.9. The zero-order valence-electron chi connectivity index (χ0n) is 13.9. The second kappa shape index (κ2) is 8.44. The van der Waals surface area contributed by atoms with Crippen molar-refractivity contribution in [3.05, 3.63) is 46.5 Å². The molecular formula is C17H23N3O4. The van der Waals surface area contributed by atoms with Crippen LogP contribution in [0.3, 0.4) is 0 Å². The van der Waals surface area contributed by atoms with Crippen LogP contribution in [0.1, 0.15) is 23.7 Å². The molecule has 130 valence electrons. The van der Waals surface area contributed by atoms with E-state index in [2.05, 4.69) is 18.4 Å². The fourth-order valence-electron chi connectivity index (χ4n) is 2.61. The Morgan fingerprint density at radius 2 is 2.08 bits per heavy atom. The molecule has 1 aliphatic rings. The maximum Gasteiger partial charge on any atom is 0.273 e. The van der Waals surface area contributed by atoms with Gasteiger partial charge in [0.25, 0.3) is 11.6 Å². The minimum Gasteiger partial charge on any atom is -0.492 e. The van der Waals surface area contributed by atoms with Gasteiger partial charge in [-0.3, -0.25) is 14.9 Å². The summed E-state index contributed by atoms with van der Waals surface area (Å²) in [5, 5.41) is 11.0. The summed E-state index contributed by atoms with van der Waals surface area (Å²) >= 11 is 0. The van der Waals surface area contributed by atoms with E-state index in [1.165, 1.54) is 18.2 Å². The van der Waals surface area contributed by atoms with Crippen LogP contribution < -0.4 is 4.74 Å². The zero-order chi connectivity index (χ0) is 17.5. The predicted molar refractivity (Wildman–Crippen MR) is 91.4 cm³/mol. The van der Waals surface area contributed by atoms with Crippen LogP contribution in [0, 0.1) is 10.1 Å². The molecular weight excluding hydrogens is 310 g/mol. The van der Waals surface area contributed by atoms with Gasteiger partial charge in [0.05, 0.1) is 23.2 Å². The Hall–Kier alpha value is -2.41. The number of carbonyl (C=O) groups is 1. The summed E-state index contributed by atoms with van der Waals surface area (Å²) in [6.07, 6.45) is 2.30. The van der Waals surface area contributed by atoms with E-state index in [-0.39, 0.29) is 17.3 Å². The van der Waals surface area contributed by atoms with Crippen LogP contribution in [0.4, 0.5) is 5.69 Å². The third-order valence-electron chi connectivity index (χ3n) is 4.09. The van der Waals surface area contributed by atoms with Gasteiger partial charge in [-0.05, 0) is 19.0 Å². The predicted octanol–water partition coefficient (Wildman–Crippen LogP) is 2.33. The molecule has 24 heavy (non-hydrogen) atoms. The van der Waals surface area contributed by atoms with E-state index in [1.807, 2.05) is 0 Å². The number of amides is 1. The van der Waals surface area contributed by atoms with Crippen LogP contribution >= 0.6 is 0 Å². The SMILES string of the molecule is C=CCCOc1cc([N+](=O)[O-])ccc1C(=O)N1CCN(CC)CC1. The quantitative estimate of drug-likeness (QED) is 0.331. The molecule has 1 aromatic carbocycles. The van der Waals surface area contributed by atoms with Crippen molar-refractivity contribution < 1.29 is 14.5 Å². The van der Waals surface area contributed by atoms with Gasteiger partial charge in [-0.2, -0.15) is 0 Å². The first-order valence-electron chi connectivity index (χ1n) is 8.10. The number of hydrogen-bond acceptors (Lipinski definition) is 5. The molecule has 0 aliphatic carbocycles. The Morgan fingerprint density at radius 1 is 1.38 bits per heavy atom. The highest BCUT2D eigenvalue weighted by Gasteiger charge is 2.25. The number of nitro benzene ring substituents is 1. The highest BCUT2D eigenvalue weighted by molar-refractivity contribution is 5.97. The number of ether oxygens (including phenoxy) is 1. The Balaban J connectivity index is 2.18. The second-order valence-electron chi connectivity index (χ2n) is 5.59. The number of rotatable bonds is 7. The molecule has 2 rings (SSSR count). The van der Waals surface area contributed by atoms with E-state index in [0.29, 0.717) is 31.7 Å². The second-order valence-corrected chi connectivity index (χ2v) is 5.59. The minimum atomic E-state index is -0.491. The number of piperazine rings is 1. The van der Waals surface area contributed by atoms with Crippen molar-refractivity contribution in [2.24, 2.45) is 0 Å². The minimum absolute atomic E-state index is 0.0871. The van der Waals surface area contributed by atoms with Gasteiger partial charge in [0, 0.05) is 32.2 Å². The molecule has 0 atom stereocenters. The lowest BCUT2D eigenvalue weighted by Crippen LogP contribution is -2.48. The van der Waals surface area contributed by atoms with Crippen molar-refractivity contribution in [3.63, 3.8) is 0 Å². The Labute approximate surface area is 141 Å². The van der Waals surface area contributed by atoms with Crippen LogP contribution in [0.15, 0.2) is 30.9 Å².